The average molecular weight is 567 g/mol. The molecule has 2 atom stereocenters. The Hall–Kier alpha value is -3.15. The quantitative estimate of drug-likeness (QED) is 0.153. The minimum Gasteiger partial charge on any atom is -0.477 e. The number of aryl methyl sites for hydroxylation is 1. The molecule has 0 aromatic carbocycles. The number of hydrogen-bond donors (Lipinski definition) is 3. The summed E-state index contributed by atoms with van der Waals surface area (Å²) in [4.78, 5) is 53.1. The third-order valence-electron chi connectivity index (χ3n) is 5.21. The maximum atomic E-state index is 13.0. The number of imidazole rings is 1. The normalized spacial score (nSPS) is 19.9. The summed E-state index contributed by atoms with van der Waals surface area (Å²) in [6.45, 7) is 1.88. The van der Waals surface area contributed by atoms with E-state index in [1.807, 2.05) is 13.1 Å². The topological polar surface area (TPSA) is 177 Å². The van der Waals surface area contributed by atoms with Crippen molar-refractivity contribution < 1.29 is 24.3 Å². The summed E-state index contributed by atoms with van der Waals surface area (Å²) in [5.41, 5.74) is 7.14. The van der Waals surface area contributed by atoms with E-state index in [1.54, 1.807) is 9.90 Å². The molecule has 2 aliphatic rings. The number of carboxylic acids is 1. The third kappa shape index (κ3) is 4.42. The van der Waals surface area contributed by atoms with Crippen molar-refractivity contribution in [2.45, 2.75) is 22.7 Å². The Morgan fingerprint density at radius 2 is 2.22 bits per heavy atom. The van der Waals surface area contributed by atoms with Gasteiger partial charge in [0.15, 0.2) is 15.2 Å². The van der Waals surface area contributed by atoms with E-state index in [4.69, 9.17) is 10.6 Å². The molecule has 2 amide bonds. The number of nitrogens with zero attached hydrogens (tertiary/aromatic N) is 6. The summed E-state index contributed by atoms with van der Waals surface area (Å²) in [5, 5.41) is 21.9. The minimum atomic E-state index is -1.20. The predicted octanol–water partition coefficient (Wildman–Crippen LogP) is 1.02. The van der Waals surface area contributed by atoms with Crippen LogP contribution in [0.2, 0.25) is 0 Å². The zero-order valence-electron chi connectivity index (χ0n) is 18.7. The van der Waals surface area contributed by atoms with Crippen molar-refractivity contribution in [3.63, 3.8) is 0 Å². The first-order valence-electron chi connectivity index (χ1n) is 10.3. The number of thiazole rings is 1. The Morgan fingerprint density at radius 1 is 1.42 bits per heavy atom. The van der Waals surface area contributed by atoms with Crippen LogP contribution in [-0.4, -0.2) is 83.1 Å². The molecule has 3 aromatic heterocycles. The van der Waals surface area contributed by atoms with Gasteiger partial charge in [0.1, 0.15) is 29.9 Å². The molecule has 1 fully saturated rings. The van der Waals surface area contributed by atoms with E-state index in [2.05, 4.69) is 25.5 Å². The van der Waals surface area contributed by atoms with Crippen LogP contribution in [0, 0.1) is 6.92 Å². The van der Waals surface area contributed by atoms with Crippen molar-refractivity contribution in [1.82, 2.24) is 29.8 Å². The second-order valence-electron chi connectivity index (χ2n) is 7.58. The van der Waals surface area contributed by atoms with Gasteiger partial charge in [-0.15, -0.1) is 28.2 Å². The fourth-order valence-electron chi connectivity index (χ4n) is 3.69. The second kappa shape index (κ2) is 9.72. The number of oxime groups is 1. The monoisotopic (exact) mass is 566 g/mol. The smallest absolute Gasteiger partial charge is 0.352 e. The number of amides is 2. The lowest BCUT2D eigenvalue weighted by molar-refractivity contribution is -0.150. The number of β-lactam (4-membered cyclic amide) rings is 1. The number of aromatic nitrogens is 4. The van der Waals surface area contributed by atoms with Gasteiger partial charge >= 0.3 is 5.97 Å². The molecule has 3 aromatic rings. The van der Waals surface area contributed by atoms with Crippen molar-refractivity contribution >= 4 is 79.8 Å². The highest BCUT2D eigenvalue weighted by Gasteiger charge is 2.54. The van der Waals surface area contributed by atoms with Crippen LogP contribution in [0.15, 0.2) is 32.3 Å². The predicted molar refractivity (Wildman–Crippen MR) is 136 cm³/mol. The number of carboxylic acid groups (broad SMARTS) is 1. The van der Waals surface area contributed by atoms with Crippen LogP contribution >= 0.6 is 46.2 Å². The van der Waals surface area contributed by atoms with E-state index in [9.17, 15) is 19.5 Å². The average Bonchev–Trinajstić information content (AvgIpc) is 3.52. The molecule has 0 radical (unpaired) electrons. The van der Waals surface area contributed by atoms with Crippen LogP contribution in [0.25, 0.3) is 4.96 Å². The molecular formula is C19H18N8O5S4. The van der Waals surface area contributed by atoms with Crippen LogP contribution < -0.4 is 11.1 Å². The molecule has 17 heteroatoms. The van der Waals surface area contributed by atoms with Gasteiger partial charge in [-0.05, 0) is 12.5 Å². The lowest BCUT2D eigenvalue weighted by atomic mass is 10.0. The van der Waals surface area contributed by atoms with E-state index in [0.717, 1.165) is 26.3 Å². The van der Waals surface area contributed by atoms with Crippen molar-refractivity contribution in [3.05, 3.63) is 34.2 Å². The summed E-state index contributed by atoms with van der Waals surface area (Å²) in [6, 6.07) is -0.918. The number of aliphatic carboxylic acids is 1. The Morgan fingerprint density at radius 3 is 2.89 bits per heavy atom. The number of rotatable bonds is 8. The van der Waals surface area contributed by atoms with Gasteiger partial charge in [-0.1, -0.05) is 28.3 Å². The maximum absolute atomic E-state index is 13.0. The lowest BCUT2D eigenvalue weighted by Gasteiger charge is -2.49. The zero-order valence-corrected chi connectivity index (χ0v) is 22.0. The minimum absolute atomic E-state index is 0.0583. The van der Waals surface area contributed by atoms with E-state index < -0.39 is 29.2 Å². The van der Waals surface area contributed by atoms with Gasteiger partial charge in [-0.2, -0.15) is 0 Å². The molecule has 4 N–H and O–H groups in total. The van der Waals surface area contributed by atoms with Gasteiger partial charge in [-0.25, -0.2) is 19.3 Å². The molecular weight excluding hydrogens is 549 g/mol. The van der Waals surface area contributed by atoms with Gasteiger partial charge < -0.3 is 21.0 Å². The molecule has 0 saturated carbocycles. The first-order valence-corrected chi connectivity index (χ1v) is 14.0. The summed E-state index contributed by atoms with van der Waals surface area (Å²) < 4.78 is 2.43. The van der Waals surface area contributed by atoms with Gasteiger partial charge in [-0.3, -0.25) is 14.5 Å². The van der Waals surface area contributed by atoms with Crippen LogP contribution in [0.4, 0.5) is 5.13 Å². The van der Waals surface area contributed by atoms with E-state index in [1.165, 1.54) is 46.9 Å². The van der Waals surface area contributed by atoms with Gasteiger partial charge in [0.05, 0.1) is 11.9 Å². The zero-order chi connectivity index (χ0) is 25.6. The molecule has 0 spiro atoms. The van der Waals surface area contributed by atoms with Crippen molar-refractivity contribution in [2.75, 3.05) is 24.3 Å². The fourth-order valence-corrected chi connectivity index (χ4v) is 7.70. The number of nitrogens with two attached hydrogens (primary N) is 1. The Kier molecular flexibility index (Phi) is 6.62. The molecule has 36 heavy (non-hydrogen) atoms. The molecule has 2 aliphatic heterocycles. The van der Waals surface area contributed by atoms with Crippen molar-refractivity contribution in [1.29, 1.82) is 0 Å². The molecule has 0 aliphatic carbocycles. The standard InChI is InChI=1S/C19H18N8O5S4/c1-7-3-26-18(21-7)36-19(24-26)35-5-8-4-33-15-11(14(29)27(15)12(8)16(30)31)23-13(28)10(25-32-2)9-6-34-17(20)22-9/h3,6,11,15H,4-5H2,1-2H3,(H2,20,22)(H,23,28)(H,30,31)/b25-10-/t11-,15-/m1/s1. The Balaban J connectivity index is 1.30. The van der Waals surface area contributed by atoms with Crippen LogP contribution in [0.5, 0.6) is 0 Å². The molecule has 1 saturated heterocycles. The SMILES string of the molecule is CO/N=C(\C(=O)N[C@@H]1C(=O)N2C(C(=O)O)=C(CSc3nn4cc(C)nc4s3)CS[C@H]12)c1csc(N)n1. The summed E-state index contributed by atoms with van der Waals surface area (Å²) in [6.07, 6.45) is 1.82. The lowest BCUT2D eigenvalue weighted by Crippen LogP contribution is -2.71. The van der Waals surface area contributed by atoms with Crippen molar-refractivity contribution in [2.24, 2.45) is 5.16 Å². The van der Waals surface area contributed by atoms with Gasteiger partial charge in [0.25, 0.3) is 11.8 Å². The third-order valence-corrected chi connectivity index (χ3v) is 9.37. The number of fused-ring (bicyclic) bond motifs is 2. The number of thioether (sulfide) groups is 2. The largest absolute Gasteiger partial charge is 0.477 e. The van der Waals surface area contributed by atoms with Gasteiger partial charge in [0.2, 0.25) is 4.96 Å². The first-order chi connectivity index (χ1) is 17.3. The second-order valence-corrected chi connectivity index (χ2v) is 11.8. The molecule has 188 valence electrons. The number of carbonyl (C=O) groups is 3. The number of hydrogen-bond acceptors (Lipinski definition) is 13. The molecule has 5 heterocycles. The highest BCUT2D eigenvalue weighted by molar-refractivity contribution is 8.02. The molecule has 5 rings (SSSR count). The van der Waals surface area contributed by atoms with E-state index >= 15 is 0 Å². The summed E-state index contributed by atoms with van der Waals surface area (Å²) in [7, 11) is 1.28. The van der Waals surface area contributed by atoms with E-state index in [-0.39, 0.29) is 22.2 Å². The molecule has 13 nitrogen and oxygen atoms in total. The van der Waals surface area contributed by atoms with E-state index in [0.29, 0.717) is 17.1 Å². The number of nitrogens with one attached hydrogen (secondary N) is 1. The Bertz CT molecular complexity index is 1410. The number of nitrogen functional groups attached to an aromatic ring is 1. The summed E-state index contributed by atoms with van der Waals surface area (Å²) in [5.74, 6) is -1.64. The first kappa shape index (κ1) is 24.5. The van der Waals surface area contributed by atoms with Crippen molar-refractivity contribution in [3.8, 4) is 0 Å². The van der Waals surface area contributed by atoms with Crippen LogP contribution in [0.1, 0.15) is 11.4 Å². The molecule has 0 bridgehead atoms. The summed E-state index contributed by atoms with van der Waals surface area (Å²) >= 11 is 5.32. The molecule has 0 unspecified atom stereocenters. The van der Waals surface area contributed by atoms with Crippen LogP contribution in [0.3, 0.4) is 0 Å². The van der Waals surface area contributed by atoms with Gasteiger partial charge in [0, 0.05) is 16.9 Å². The highest BCUT2D eigenvalue weighted by atomic mass is 32.2. The number of anilines is 1. The highest BCUT2D eigenvalue weighted by Crippen LogP contribution is 2.42. The number of carbonyl (C=O) groups excluding carboxylic acids is 2. The maximum Gasteiger partial charge on any atom is 0.352 e. The fraction of sp³-hybridized carbons (Fsp3) is 0.316. The Labute approximate surface area is 219 Å². The van der Waals surface area contributed by atoms with Crippen LogP contribution in [-0.2, 0) is 19.2 Å².